The number of para-hydroxylation sites is 2. The van der Waals surface area contributed by atoms with E-state index in [2.05, 4.69) is 191 Å². The molecule has 8 aromatic carbocycles. The molecule has 0 saturated carbocycles. The lowest BCUT2D eigenvalue weighted by Crippen LogP contribution is -2.00. The Morgan fingerprint density at radius 2 is 0.771 bits per heavy atom. The van der Waals surface area contributed by atoms with Gasteiger partial charge in [-0.2, -0.15) is 0 Å². The number of hydrogen-bond donors (Lipinski definition) is 0. The zero-order valence-corrected chi connectivity index (χ0v) is 26.2. The number of aromatic nitrogens is 2. The molecule has 0 atom stereocenters. The number of hydrogen-bond acceptors (Lipinski definition) is 0. The van der Waals surface area contributed by atoms with Gasteiger partial charge in [-0.3, -0.25) is 0 Å². The van der Waals surface area contributed by atoms with Crippen LogP contribution in [0.3, 0.4) is 0 Å². The van der Waals surface area contributed by atoms with Crippen molar-refractivity contribution in [2.75, 3.05) is 0 Å². The zero-order chi connectivity index (χ0) is 31.6. The Labute approximate surface area is 278 Å². The van der Waals surface area contributed by atoms with E-state index in [0.29, 0.717) is 0 Å². The summed E-state index contributed by atoms with van der Waals surface area (Å²) in [6, 6.07) is 66.3. The van der Waals surface area contributed by atoms with E-state index in [1.54, 1.807) is 0 Å². The molecule has 2 heterocycles. The second-order valence-corrected chi connectivity index (χ2v) is 12.6. The second kappa shape index (κ2) is 10.6. The highest BCUT2D eigenvalue weighted by Gasteiger charge is 2.22. The van der Waals surface area contributed by atoms with E-state index in [9.17, 15) is 0 Å². The molecule has 0 N–H and O–H groups in total. The van der Waals surface area contributed by atoms with Gasteiger partial charge < -0.3 is 9.13 Å². The van der Waals surface area contributed by atoms with E-state index in [1.807, 2.05) is 0 Å². The van der Waals surface area contributed by atoms with Gasteiger partial charge >= 0.3 is 0 Å². The third-order valence-corrected chi connectivity index (χ3v) is 9.87. The fourth-order valence-electron chi connectivity index (χ4n) is 7.76. The van der Waals surface area contributed by atoms with Crippen LogP contribution in [0.4, 0.5) is 0 Å². The van der Waals surface area contributed by atoms with Gasteiger partial charge in [0, 0.05) is 32.6 Å². The molecular weight excluding hydrogens is 581 g/mol. The summed E-state index contributed by atoms with van der Waals surface area (Å²) in [5.74, 6) is 0. The zero-order valence-electron chi connectivity index (χ0n) is 26.2. The van der Waals surface area contributed by atoms with E-state index < -0.39 is 0 Å². The normalized spacial score (nSPS) is 11.8. The van der Waals surface area contributed by atoms with Crippen LogP contribution in [0.15, 0.2) is 182 Å². The maximum atomic E-state index is 2.51. The van der Waals surface area contributed by atoms with Gasteiger partial charge in [-0.05, 0) is 64.0 Å². The molecule has 0 saturated heterocycles. The maximum Gasteiger partial charge on any atom is 0.0789 e. The molecule has 224 valence electrons. The van der Waals surface area contributed by atoms with E-state index in [4.69, 9.17) is 0 Å². The standard InChI is InChI=1S/C46H30N2/c1-3-14-31(15-4-1)34-28-35(32-16-5-2-6-17-32)30-36(29-34)47-43-23-11-9-21-38(43)40-26-27-41-39-22-10-12-24-44(39)48(46(41)45(40)47)42-25-13-19-33-18-7-8-20-37(33)42/h1-30H. The Morgan fingerprint density at radius 1 is 0.292 bits per heavy atom. The van der Waals surface area contributed by atoms with Gasteiger partial charge in [-0.25, -0.2) is 0 Å². The van der Waals surface area contributed by atoms with Crippen molar-refractivity contribution in [3.63, 3.8) is 0 Å². The summed E-state index contributed by atoms with van der Waals surface area (Å²) in [5, 5.41) is 7.46. The molecule has 0 fully saturated rings. The summed E-state index contributed by atoms with van der Waals surface area (Å²) in [7, 11) is 0. The van der Waals surface area contributed by atoms with Gasteiger partial charge in [0.1, 0.15) is 0 Å². The van der Waals surface area contributed by atoms with Crippen molar-refractivity contribution in [2.24, 2.45) is 0 Å². The first-order chi connectivity index (χ1) is 23.8. The van der Waals surface area contributed by atoms with Crippen LogP contribution >= 0.6 is 0 Å². The summed E-state index contributed by atoms with van der Waals surface area (Å²) in [4.78, 5) is 0. The third kappa shape index (κ3) is 4.00. The summed E-state index contributed by atoms with van der Waals surface area (Å²) in [5.41, 5.74) is 11.9. The first kappa shape index (κ1) is 26.8. The Balaban J connectivity index is 1.41. The summed E-state index contributed by atoms with van der Waals surface area (Å²) >= 11 is 0. The van der Waals surface area contributed by atoms with Crippen LogP contribution in [-0.4, -0.2) is 9.13 Å². The minimum Gasteiger partial charge on any atom is -0.307 e. The predicted octanol–water partition coefficient (Wildman–Crippen LogP) is 12.4. The molecule has 10 aromatic rings. The number of fused-ring (bicyclic) bond motifs is 8. The van der Waals surface area contributed by atoms with Crippen LogP contribution in [-0.2, 0) is 0 Å². The monoisotopic (exact) mass is 610 g/mol. The Kier molecular flexibility index (Phi) is 5.91. The molecule has 0 aliphatic rings. The first-order valence-electron chi connectivity index (χ1n) is 16.5. The van der Waals surface area contributed by atoms with Gasteiger partial charge in [0.05, 0.1) is 27.8 Å². The molecule has 0 spiro atoms. The molecular formula is C46H30N2. The van der Waals surface area contributed by atoms with E-state index in [0.717, 1.165) is 5.69 Å². The Morgan fingerprint density at radius 3 is 1.40 bits per heavy atom. The van der Waals surface area contributed by atoms with Crippen molar-refractivity contribution < 1.29 is 0 Å². The molecule has 0 bridgehead atoms. The predicted molar refractivity (Wildman–Crippen MR) is 203 cm³/mol. The third-order valence-electron chi connectivity index (χ3n) is 9.87. The quantitative estimate of drug-likeness (QED) is 0.188. The lowest BCUT2D eigenvalue weighted by molar-refractivity contribution is 1.16. The summed E-state index contributed by atoms with van der Waals surface area (Å²) in [6.45, 7) is 0. The lowest BCUT2D eigenvalue weighted by Gasteiger charge is -2.16. The van der Waals surface area contributed by atoms with Crippen LogP contribution in [0, 0.1) is 0 Å². The molecule has 2 heteroatoms. The molecule has 0 unspecified atom stereocenters. The molecule has 0 aliphatic carbocycles. The molecule has 48 heavy (non-hydrogen) atoms. The Bertz CT molecular complexity index is 2760. The van der Waals surface area contributed by atoms with Crippen LogP contribution in [0.25, 0.3) is 88.0 Å². The fourth-order valence-corrected chi connectivity index (χ4v) is 7.76. The average molecular weight is 611 g/mol. The highest BCUT2D eigenvalue weighted by molar-refractivity contribution is 6.24. The molecule has 2 nitrogen and oxygen atoms in total. The minimum absolute atomic E-state index is 1.14. The molecule has 0 amide bonds. The van der Waals surface area contributed by atoms with Gasteiger partial charge in [-0.15, -0.1) is 0 Å². The highest BCUT2D eigenvalue weighted by Crippen LogP contribution is 2.43. The topological polar surface area (TPSA) is 9.86 Å². The number of nitrogens with zero attached hydrogens (tertiary/aromatic N) is 2. The average Bonchev–Trinajstić information content (AvgIpc) is 3.68. The Hall–Kier alpha value is -6.38. The van der Waals surface area contributed by atoms with Crippen LogP contribution in [0.1, 0.15) is 0 Å². The lowest BCUT2D eigenvalue weighted by atomic mass is 9.98. The second-order valence-electron chi connectivity index (χ2n) is 12.6. The SMILES string of the molecule is c1ccc(-c2cc(-c3ccccc3)cc(-n3c4ccccc4c4ccc5c6ccccc6n(-c6cccc7ccccc67)c5c43)c2)cc1. The molecule has 0 radical (unpaired) electrons. The van der Waals surface area contributed by atoms with Crippen molar-refractivity contribution in [2.45, 2.75) is 0 Å². The van der Waals surface area contributed by atoms with Crippen LogP contribution in [0.2, 0.25) is 0 Å². The van der Waals surface area contributed by atoms with Crippen molar-refractivity contribution >= 4 is 54.4 Å². The molecule has 2 aromatic heterocycles. The van der Waals surface area contributed by atoms with Crippen LogP contribution in [0.5, 0.6) is 0 Å². The van der Waals surface area contributed by atoms with Crippen molar-refractivity contribution in [1.82, 2.24) is 9.13 Å². The van der Waals surface area contributed by atoms with Crippen molar-refractivity contribution in [1.29, 1.82) is 0 Å². The fraction of sp³-hybridized carbons (Fsp3) is 0. The number of benzene rings is 8. The summed E-state index contributed by atoms with van der Waals surface area (Å²) in [6.07, 6.45) is 0. The molecule has 10 rings (SSSR count). The first-order valence-corrected chi connectivity index (χ1v) is 16.5. The van der Waals surface area contributed by atoms with Gasteiger partial charge in [0.2, 0.25) is 0 Å². The van der Waals surface area contributed by atoms with E-state index in [-0.39, 0.29) is 0 Å². The largest absolute Gasteiger partial charge is 0.307 e. The van der Waals surface area contributed by atoms with Crippen molar-refractivity contribution in [3.05, 3.63) is 182 Å². The maximum absolute atomic E-state index is 2.51. The summed E-state index contributed by atoms with van der Waals surface area (Å²) < 4.78 is 5.01. The minimum atomic E-state index is 1.14. The van der Waals surface area contributed by atoms with Crippen LogP contribution < -0.4 is 0 Å². The smallest absolute Gasteiger partial charge is 0.0789 e. The van der Waals surface area contributed by atoms with E-state index >= 15 is 0 Å². The van der Waals surface area contributed by atoms with Gasteiger partial charge in [0.25, 0.3) is 0 Å². The van der Waals surface area contributed by atoms with Crippen molar-refractivity contribution in [3.8, 4) is 33.6 Å². The number of rotatable bonds is 4. The van der Waals surface area contributed by atoms with E-state index in [1.165, 1.54) is 82.3 Å². The van der Waals surface area contributed by atoms with Gasteiger partial charge in [-0.1, -0.05) is 146 Å². The molecule has 0 aliphatic heterocycles. The highest BCUT2D eigenvalue weighted by atomic mass is 15.0. The van der Waals surface area contributed by atoms with Gasteiger partial charge in [0.15, 0.2) is 0 Å².